The minimum absolute atomic E-state index is 0.340. The average Bonchev–Trinajstić information content (AvgIpc) is 2.09. The molecular formula is C12H14. The first-order valence-electron chi connectivity index (χ1n) is 4.24. The molecule has 1 aromatic rings. The van der Waals surface area contributed by atoms with E-state index in [1.54, 1.807) is 0 Å². The summed E-state index contributed by atoms with van der Waals surface area (Å²) in [6.07, 6.45) is 6.28. The van der Waals surface area contributed by atoms with Crippen LogP contribution in [-0.4, -0.2) is 0 Å². The number of hydrogen-bond donors (Lipinski definition) is 0. The van der Waals surface area contributed by atoms with E-state index in [0.717, 1.165) is 6.42 Å². The Bertz CT molecular complexity index is 274. The van der Waals surface area contributed by atoms with Crippen molar-refractivity contribution in [2.24, 2.45) is 5.92 Å². The standard InChI is InChI=1S/C12H14/c1-4-10(2)9-12-7-5-11(3)6-8-12/h1,5-8,10H,9H2,2-3H3. The summed E-state index contributed by atoms with van der Waals surface area (Å²) in [6, 6.07) is 8.53. The maximum absolute atomic E-state index is 5.30. The number of hydrogen-bond acceptors (Lipinski definition) is 0. The fourth-order valence-electron chi connectivity index (χ4n) is 1.14. The second kappa shape index (κ2) is 3.97. The van der Waals surface area contributed by atoms with Gasteiger partial charge in [-0.3, -0.25) is 0 Å². The fourth-order valence-corrected chi connectivity index (χ4v) is 1.14. The molecule has 0 aromatic heterocycles. The molecule has 1 atom stereocenters. The van der Waals surface area contributed by atoms with Crippen molar-refractivity contribution in [2.45, 2.75) is 20.3 Å². The van der Waals surface area contributed by atoms with Gasteiger partial charge in [0.05, 0.1) is 0 Å². The van der Waals surface area contributed by atoms with Crippen LogP contribution in [0.5, 0.6) is 0 Å². The quantitative estimate of drug-likeness (QED) is 0.580. The normalized spacial score (nSPS) is 12.1. The third kappa shape index (κ3) is 2.43. The van der Waals surface area contributed by atoms with Gasteiger partial charge in [0.1, 0.15) is 0 Å². The van der Waals surface area contributed by atoms with E-state index >= 15 is 0 Å². The second-order valence-corrected chi connectivity index (χ2v) is 3.26. The molecule has 0 amide bonds. The highest BCUT2D eigenvalue weighted by molar-refractivity contribution is 5.22. The van der Waals surface area contributed by atoms with Gasteiger partial charge in [-0.1, -0.05) is 36.8 Å². The zero-order chi connectivity index (χ0) is 8.97. The average molecular weight is 158 g/mol. The molecule has 1 aromatic carbocycles. The van der Waals surface area contributed by atoms with Gasteiger partial charge in [0.15, 0.2) is 0 Å². The van der Waals surface area contributed by atoms with E-state index < -0.39 is 0 Å². The Morgan fingerprint density at radius 2 is 1.92 bits per heavy atom. The number of terminal acetylenes is 1. The second-order valence-electron chi connectivity index (χ2n) is 3.26. The molecule has 0 aliphatic carbocycles. The van der Waals surface area contributed by atoms with Gasteiger partial charge in [-0.15, -0.1) is 12.3 Å². The smallest absolute Gasteiger partial charge is 0.0212 e. The van der Waals surface area contributed by atoms with Gasteiger partial charge in [0, 0.05) is 5.92 Å². The summed E-state index contributed by atoms with van der Waals surface area (Å²) >= 11 is 0. The largest absolute Gasteiger partial charge is 0.120 e. The van der Waals surface area contributed by atoms with Crippen LogP contribution in [0.15, 0.2) is 24.3 Å². The highest BCUT2D eigenvalue weighted by Crippen LogP contribution is 2.08. The van der Waals surface area contributed by atoms with Crippen LogP contribution in [0.25, 0.3) is 0 Å². The summed E-state index contributed by atoms with van der Waals surface area (Å²) in [7, 11) is 0. The van der Waals surface area contributed by atoms with Crippen molar-refractivity contribution in [1.29, 1.82) is 0 Å². The molecule has 62 valence electrons. The summed E-state index contributed by atoms with van der Waals surface area (Å²) in [5.74, 6) is 3.07. The van der Waals surface area contributed by atoms with Gasteiger partial charge in [0.2, 0.25) is 0 Å². The lowest BCUT2D eigenvalue weighted by atomic mass is 10.0. The zero-order valence-corrected chi connectivity index (χ0v) is 7.67. The molecule has 0 N–H and O–H groups in total. The van der Waals surface area contributed by atoms with Crippen LogP contribution < -0.4 is 0 Å². The van der Waals surface area contributed by atoms with Crippen LogP contribution in [0.4, 0.5) is 0 Å². The van der Waals surface area contributed by atoms with Gasteiger partial charge in [-0.25, -0.2) is 0 Å². The first-order chi connectivity index (χ1) is 5.72. The predicted molar refractivity (Wildman–Crippen MR) is 52.9 cm³/mol. The van der Waals surface area contributed by atoms with Crippen molar-refractivity contribution >= 4 is 0 Å². The van der Waals surface area contributed by atoms with Crippen molar-refractivity contribution in [3.63, 3.8) is 0 Å². The summed E-state index contributed by atoms with van der Waals surface area (Å²) < 4.78 is 0. The summed E-state index contributed by atoms with van der Waals surface area (Å²) in [5, 5.41) is 0. The molecule has 1 unspecified atom stereocenters. The Morgan fingerprint density at radius 1 is 1.33 bits per heavy atom. The maximum atomic E-state index is 5.30. The molecule has 0 saturated carbocycles. The Kier molecular flexibility index (Phi) is 2.94. The molecule has 0 nitrogen and oxygen atoms in total. The molecule has 0 heterocycles. The Hall–Kier alpha value is -1.22. The summed E-state index contributed by atoms with van der Waals surface area (Å²) in [6.45, 7) is 4.16. The number of benzene rings is 1. The SMILES string of the molecule is C#CC(C)Cc1ccc(C)cc1. The zero-order valence-electron chi connectivity index (χ0n) is 7.67. The third-order valence-electron chi connectivity index (χ3n) is 1.95. The van der Waals surface area contributed by atoms with Gasteiger partial charge in [-0.2, -0.15) is 0 Å². The number of aryl methyl sites for hydroxylation is 1. The molecule has 0 radical (unpaired) electrons. The Balaban J connectivity index is 2.66. The fraction of sp³-hybridized carbons (Fsp3) is 0.333. The molecule has 0 aliphatic heterocycles. The van der Waals surface area contributed by atoms with Crippen LogP contribution >= 0.6 is 0 Å². The van der Waals surface area contributed by atoms with Gasteiger partial charge in [0.25, 0.3) is 0 Å². The minimum atomic E-state index is 0.340. The minimum Gasteiger partial charge on any atom is -0.120 e. The molecule has 0 heteroatoms. The first kappa shape index (κ1) is 8.87. The van der Waals surface area contributed by atoms with Crippen molar-refractivity contribution in [3.8, 4) is 12.3 Å². The lowest BCUT2D eigenvalue weighted by molar-refractivity contribution is 0.751. The molecule has 1 rings (SSSR count). The topological polar surface area (TPSA) is 0 Å². The van der Waals surface area contributed by atoms with E-state index in [1.807, 2.05) is 0 Å². The van der Waals surface area contributed by atoms with Crippen LogP contribution in [0, 0.1) is 25.2 Å². The van der Waals surface area contributed by atoms with Crippen molar-refractivity contribution in [1.82, 2.24) is 0 Å². The molecule has 12 heavy (non-hydrogen) atoms. The van der Waals surface area contributed by atoms with Crippen LogP contribution in [0.1, 0.15) is 18.1 Å². The van der Waals surface area contributed by atoms with Crippen molar-refractivity contribution in [2.75, 3.05) is 0 Å². The summed E-state index contributed by atoms with van der Waals surface area (Å²) in [4.78, 5) is 0. The molecule has 0 aliphatic rings. The van der Waals surface area contributed by atoms with Gasteiger partial charge in [-0.05, 0) is 18.9 Å². The van der Waals surface area contributed by atoms with Crippen LogP contribution in [0.3, 0.4) is 0 Å². The van der Waals surface area contributed by atoms with E-state index in [0.29, 0.717) is 5.92 Å². The lowest BCUT2D eigenvalue weighted by Gasteiger charge is -2.03. The highest BCUT2D eigenvalue weighted by Gasteiger charge is 1.98. The van der Waals surface area contributed by atoms with Gasteiger partial charge < -0.3 is 0 Å². The highest BCUT2D eigenvalue weighted by atomic mass is 14.0. The predicted octanol–water partition coefficient (Wildman–Crippen LogP) is 2.81. The Morgan fingerprint density at radius 3 is 2.42 bits per heavy atom. The molecule has 0 bridgehead atoms. The van der Waals surface area contributed by atoms with E-state index in [2.05, 4.69) is 44.0 Å². The number of rotatable bonds is 2. The van der Waals surface area contributed by atoms with Crippen molar-refractivity contribution in [3.05, 3.63) is 35.4 Å². The molecule has 0 spiro atoms. The molecular weight excluding hydrogens is 144 g/mol. The van der Waals surface area contributed by atoms with Crippen molar-refractivity contribution < 1.29 is 0 Å². The van der Waals surface area contributed by atoms with E-state index in [1.165, 1.54) is 11.1 Å². The first-order valence-corrected chi connectivity index (χ1v) is 4.24. The van der Waals surface area contributed by atoms with Gasteiger partial charge >= 0.3 is 0 Å². The van der Waals surface area contributed by atoms with Crippen LogP contribution in [-0.2, 0) is 6.42 Å². The maximum Gasteiger partial charge on any atom is 0.0212 e. The Labute approximate surface area is 74.6 Å². The van der Waals surface area contributed by atoms with E-state index in [4.69, 9.17) is 6.42 Å². The third-order valence-corrected chi connectivity index (χ3v) is 1.95. The van der Waals surface area contributed by atoms with E-state index in [9.17, 15) is 0 Å². The monoisotopic (exact) mass is 158 g/mol. The van der Waals surface area contributed by atoms with E-state index in [-0.39, 0.29) is 0 Å². The lowest BCUT2D eigenvalue weighted by Crippen LogP contribution is -1.95. The molecule has 0 fully saturated rings. The summed E-state index contributed by atoms with van der Waals surface area (Å²) in [5.41, 5.74) is 2.62. The molecule has 0 saturated heterocycles. The van der Waals surface area contributed by atoms with Crippen LogP contribution in [0.2, 0.25) is 0 Å².